The summed E-state index contributed by atoms with van der Waals surface area (Å²) >= 11 is 0. The van der Waals surface area contributed by atoms with E-state index < -0.39 is 12.0 Å². The van der Waals surface area contributed by atoms with Gasteiger partial charge >= 0.3 is 5.97 Å². The van der Waals surface area contributed by atoms with Crippen LogP contribution in [0.5, 0.6) is 0 Å². The molecule has 0 aliphatic carbocycles. The largest absolute Gasteiger partial charge is 0.480 e. The number of carboxylic acids is 1. The lowest BCUT2D eigenvalue weighted by Crippen LogP contribution is -2.48. The van der Waals surface area contributed by atoms with Gasteiger partial charge in [-0.25, -0.2) is 4.79 Å². The molecular weight excluding hydrogens is 230 g/mol. The number of aliphatic carboxylic acids is 1. The standard InChI is InChI=1S/C14H25NO3/c1-2-3-4-5-6-7-11-15-12(14(17)18)9-8-10-13(15)16/h12H,2-11H2,1H3,(H,17,18). The van der Waals surface area contributed by atoms with Crippen LogP contribution in [0.2, 0.25) is 0 Å². The molecule has 4 heteroatoms. The SMILES string of the molecule is CCCCCCCCN1C(=O)CCCC1C(=O)O. The Hall–Kier alpha value is -1.06. The monoisotopic (exact) mass is 255 g/mol. The molecule has 1 saturated heterocycles. The average Bonchev–Trinajstić information content (AvgIpc) is 2.34. The van der Waals surface area contributed by atoms with Crippen molar-refractivity contribution in [3.8, 4) is 0 Å². The summed E-state index contributed by atoms with van der Waals surface area (Å²) in [4.78, 5) is 24.4. The Morgan fingerprint density at radius 1 is 1.28 bits per heavy atom. The molecule has 0 aromatic rings. The van der Waals surface area contributed by atoms with Crippen LogP contribution in [0.15, 0.2) is 0 Å². The number of unbranched alkanes of at least 4 members (excludes halogenated alkanes) is 5. The van der Waals surface area contributed by atoms with Gasteiger partial charge in [-0.05, 0) is 19.3 Å². The summed E-state index contributed by atoms with van der Waals surface area (Å²) in [6, 6.07) is -0.582. The van der Waals surface area contributed by atoms with E-state index in [9.17, 15) is 9.59 Å². The number of rotatable bonds is 8. The average molecular weight is 255 g/mol. The lowest BCUT2D eigenvalue weighted by molar-refractivity contribution is -0.153. The molecule has 18 heavy (non-hydrogen) atoms. The number of hydrogen-bond acceptors (Lipinski definition) is 2. The van der Waals surface area contributed by atoms with Gasteiger partial charge in [0, 0.05) is 13.0 Å². The van der Waals surface area contributed by atoms with Crippen molar-refractivity contribution in [2.45, 2.75) is 70.8 Å². The third kappa shape index (κ3) is 4.67. The zero-order valence-electron chi connectivity index (χ0n) is 11.4. The number of amides is 1. The van der Waals surface area contributed by atoms with Gasteiger partial charge in [0.1, 0.15) is 6.04 Å². The normalized spacial score (nSPS) is 20.2. The summed E-state index contributed by atoms with van der Waals surface area (Å²) in [5.74, 6) is -0.837. The number of nitrogens with zero attached hydrogens (tertiary/aromatic N) is 1. The summed E-state index contributed by atoms with van der Waals surface area (Å²) in [6.07, 6.45) is 8.78. The second-order valence-corrected chi connectivity index (χ2v) is 5.10. The van der Waals surface area contributed by atoms with Crippen LogP contribution < -0.4 is 0 Å². The maximum absolute atomic E-state index is 11.7. The van der Waals surface area contributed by atoms with Gasteiger partial charge < -0.3 is 10.0 Å². The molecule has 0 saturated carbocycles. The van der Waals surface area contributed by atoms with E-state index in [0.717, 1.165) is 12.8 Å². The Morgan fingerprint density at radius 3 is 2.61 bits per heavy atom. The van der Waals surface area contributed by atoms with Crippen LogP contribution in [0.25, 0.3) is 0 Å². The van der Waals surface area contributed by atoms with Gasteiger partial charge in [0.25, 0.3) is 0 Å². The van der Waals surface area contributed by atoms with Crippen LogP contribution in [0.1, 0.15) is 64.7 Å². The van der Waals surface area contributed by atoms with Crippen molar-refractivity contribution in [3.05, 3.63) is 0 Å². The van der Waals surface area contributed by atoms with E-state index in [4.69, 9.17) is 5.11 Å². The molecule has 1 aliphatic rings. The summed E-state index contributed by atoms with van der Waals surface area (Å²) in [6.45, 7) is 2.80. The molecule has 0 aromatic carbocycles. The number of carboxylic acid groups (broad SMARTS) is 1. The van der Waals surface area contributed by atoms with Gasteiger partial charge in [-0.1, -0.05) is 39.0 Å². The first kappa shape index (κ1) is 15.0. The molecule has 1 fully saturated rings. The van der Waals surface area contributed by atoms with Gasteiger partial charge in [-0.2, -0.15) is 0 Å². The molecule has 1 amide bonds. The van der Waals surface area contributed by atoms with Crippen molar-refractivity contribution < 1.29 is 14.7 Å². The molecule has 4 nitrogen and oxygen atoms in total. The Kier molecular flexibility index (Phi) is 6.76. The Balaban J connectivity index is 2.28. The molecule has 1 unspecified atom stereocenters. The maximum atomic E-state index is 11.7. The van der Waals surface area contributed by atoms with Gasteiger partial charge in [0.15, 0.2) is 0 Å². The van der Waals surface area contributed by atoms with Crippen molar-refractivity contribution in [2.75, 3.05) is 6.54 Å². The number of piperidine rings is 1. The molecule has 1 aliphatic heterocycles. The van der Waals surface area contributed by atoms with E-state index in [-0.39, 0.29) is 5.91 Å². The Bertz CT molecular complexity index is 278. The van der Waals surface area contributed by atoms with Gasteiger partial charge in [-0.3, -0.25) is 4.79 Å². The van der Waals surface area contributed by atoms with Crippen molar-refractivity contribution >= 4 is 11.9 Å². The quantitative estimate of drug-likeness (QED) is 0.678. The minimum absolute atomic E-state index is 0.0159. The fraction of sp³-hybridized carbons (Fsp3) is 0.857. The topological polar surface area (TPSA) is 57.6 Å². The molecule has 0 bridgehead atoms. The van der Waals surface area contributed by atoms with Crippen LogP contribution in [-0.2, 0) is 9.59 Å². The van der Waals surface area contributed by atoms with Crippen LogP contribution in [0.4, 0.5) is 0 Å². The van der Waals surface area contributed by atoms with Crippen LogP contribution in [0, 0.1) is 0 Å². The minimum atomic E-state index is -0.853. The van der Waals surface area contributed by atoms with Crippen molar-refractivity contribution in [3.63, 3.8) is 0 Å². The number of carbonyl (C=O) groups excluding carboxylic acids is 1. The molecule has 1 N–H and O–H groups in total. The first-order chi connectivity index (χ1) is 8.66. The molecule has 104 valence electrons. The molecule has 0 spiro atoms. The van der Waals surface area contributed by atoms with Crippen molar-refractivity contribution in [1.29, 1.82) is 0 Å². The summed E-state index contributed by atoms with van der Waals surface area (Å²) in [5, 5.41) is 9.11. The highest BCUT2D eigenvalue weighted by Crippen LogP contribution is 2.19. The molecule has 0 aromatic heterocycles. The third-order valence-electron chi connectivity index (χ3n) is 3.60. The van der Waals surface area contributed by atoms with Gasteiger partial charge in [0.2, 0.25) is 5.91 Å². The van der Waals surface area contributed by atoms with E-state index in [1.165, 1.54) is 25.7 Å². The van der Waals surface area contributed by atoms with E-state index >= 15 is 0 Å². The summed E-state index contributed by atoms with van der Waals surface area (Å²) in [5.41, 5.74) is 0. The highest BCUT2D eigenvalue weighted by Gasteiger charge is 2.32. The Morgan fingerprint density at radius 2 is 1.94 bits per heavy atom. The Labute approximate surface area is 109 Å². The first-order valence-electron chi connectivity index (χ1n) is 7.19. The fourth-order valence-electron chi connectivity index (χ4n) is 2.52. The fourth-order valence-corrected chi connectivity index (χ4v) is 2.52. The van der Waals surface area contributed by atoms with E-state index in [1.54, 1.807) is 4.90 Å². The predicted molar refractivity (Wildman–Crippen MR) is 70.4 cm³/mol. The highest BCUT2D eigenvalue weighted by molar-refractivity contribution is 5.84. The second kappa shape index (κ2) is 8.11. The molecular formula is C14H25NO3. The van der Waals surface area contributed by atoms with Crippen molar-refractivity contribution in [1.82, 2.24) is 4.90 Å². The summed E-state index contributed by atoms with van der Waals surface area (Å²) in [7, 11) is 0. The molecule has 0 radical (unpaired) electrons. The molecule has 1 atom stereocenters. The van der Waals surface area contributed by atoms with Gasteiger partial charge in [-0.15, -0.1) is 0 Å². The second-order valence-electron chi connectivity index (χ2n) is 5.10. The maximum Gasteiger partial charge on any atom is 0.326 e. The zero-order chi connectivity index (χ0) is 13.4. The van der Waals surface area contributed by atoms with Crippen molar-refractivity contribution in [2.24, 2.45) is 0 Å². The number of likely N-dealkylation sites (tertiary alicyclic amines) is 1. The number of carbonyl (C=O) groups is 2. The summed E-state index contributed by atoms with van der Waals surface area (Å²) < 4.78 is 0. The third-order valence-corrected chi connectivity index (χ3v) is 3.60. The van der Waals surface area contributed by atoms with Crippen LogP contribution in [0.3, 0.4) is 0 Å². The molecule has 1 rings (SSSR count). The van der Waals surface area contributed by atoms with Crippen LogP contribution >= 0.6 is 0 Å². The van der Waals surface area contributed by atoms with E-state index in [2.05, 4.69) is 6.92 Å². The minimum Gasteiger partial charge on any atom is -0.480 e. The lowest BCUT2D eigenvalue weighted by Gasteiger charge is -2.32. The highest BCUT2D eigenvalue weighted by atomic mass is 16.4. The smallest absolute Gasteiger partial charge is 0.326 e. The van der Waals surface area contributed by atoms with E-state index in [0.29, 0.717) is 25.8 Å². The van der Waals surface area contributed by atoms with Gasteiger partial charge in [0.05, 0.1) is 0 Å². The zero-order valence-corrected chi connectivity index (χ0v) is 11.4. The van der Waals surface area contributed by atoms with E-state index in [1.807, 2.05) is 0 Å². The first-order valence-corrected chi connectivity index (χ1v) is 7.19. The molecule has 1 heterocycles. The number of hydrogen-bond donors (Lipinski definition) is 1. The lowest BCUT2D eigenvalue weighted by atomic mass is 10.0. The predicted octanol–water partition coefficient (Wildman–Crippen LogP) is 2.81. The van der Waals surface area contributed by atoms with Crippen LogP contribution in [-0.4, -0.2) is 34.5 Å².